The van der Waals surface area contributed by atoms with Crippen molar-refractivity contribution in [1.29, 1.82) is 0 Å². The molecule has 3 N–H and O–H groups in total. The van der Waals surface area contributed by atoms with Gasteiger partial charge in [0, 0.05) is 11.0 Å². The van der Waals surface area contributed by atoms with Gasteiger partial charge in [0.1, 0.15) is 11.8 Å². The summed E-state index contributed by atoms with van der Waals surface area (Å²) in [6.45, 7) is 4.21. The summed E-state index contributed by atoms with van der Waals surface area (Å²) in [4.78, 5) is 22.6. The maximum Gasteiger partial charge on any atom is 0.326 e. The Labute approximate surface area is 148 Å². The smallest absolute Gasteiger partial charge is 0.326 e. The van der Waals surface area contributed by atoms with Crippen LogP contribution < -0.4 is 15.4 Å². The van der Waals surface area contributed by atoms with Crippen LogP contribution in [0.3, 0.4) is 0 Å². The Hall–Kier alpha value is -1.47. The minimum absolute atomic E-state index is 0.193. The number of ether oxygens (including phenoxy) is 1. The Kier molecular flexibility index (Phi) is 8.19. The highest BCUT2D eigenvalue weighted by molar-refractivity contribution is 9.10. The normalized spacial score (nSPS) is 11.9. The van der Waals surface area contributed by atoms with Crippen molar-refractivity contribution >= 4 is 39.5 Å². The molecular weight excluding hydrogens is 388 g/mol. The van der Waals surface area contributed by atoms with Crippen LogP contribution in [0.1, 0.15) is 20.3 Å². The van der Waals surface area contributed by atoms with Crippen LogP contribution in [-0.4, -0.2) is 36.3 Å². The number of benzene rings is 1. The van der Waals surface area contributed by atoms with Gasteiger partial charge in [-0.2, -0.15) is 0 Å². The maximum absolute atomic E-state index is 11.6. The van der Waals surface area contributed by atoms with Crippen LogP contribution in [-0.2, 0) is 4.79 Å². The van der Waals surface area contributed by atoms with E-state index in [2.05, 4.69) is 26.6 Å². The first kappa shape index (κ1) is 19.6. The predicted molar refractivity (Wildman–Crippen MR) is 92.1 cm³/mol. The zero-order chi connectivity index (χ0) is 17.4. The van der Waals surface area contributed by atoms with Gasteiger partial charge in [-0.1, -0.05) is 41.4 Å². The molecular formula is C15H20BrClN2O4. The number of hydrogen-bond acceptors (Lipinski definition) is 3. The molecule has 6 nitrogen and oxygen atoms in total. The third-order valence-corrected chi connectivity index (χ3v) is 3.77. The second-order valence-electron chi connectivity index (χ2n) is 5.24. The van der Waals surface area contributed by atoms with Gasteiger partial charge in [-0.25, -0.2) is 9.59 Å². The number of halogens is 2. The molecule has 23 heavy (non-hydrogen) atoms. The van der Waals surface area contributed by atoms with Gasteiger partial charge in [-0.3, -0.25) is 0 Å². The number of aliphatic carboxylic acids is 1. The summed E-state index contributed by atoms with van der Waals surface area (Å²) in [5.41, 5.74) is 0. The molecule has 1 aromatic carbocycles. The summed E-state index contributed by atoms with van der Waals surface area (Å²) >= 11 is 9.33. The lowest BCUT2D eigenvalue weighted by Crippen LogP contribution is -2.48. The van der Waals surface area contributed by atoms with Crippen molar-refractivity contribution in [2.75, 3.05) is 13.2 Å². The lowest BCUT2D eigenvalue weighted by Gasteiger charge is -2.18. The first-order chi connectivity index (χ1) is 10.8. The average molecular weight is 408 g/mol. The maximum atomic E-state index is 11.6. The minimum Gasteiger partial charge on any atom is -0.492 e. The van der Waals surface area contributed by atoms with Gasteiger partial charge in [0.25, 0.3) is 0 Å². The van der Waals surface area contributed by atoms with Crippen molar-refractivity contribution in [2.24, 2.45) is 5.92 Å². The Bertz CT molecular complexity index is 554. The van der Waals surface area contributed by atoms with Gasteiger partial charge in [0.15, 0.2) is 0 Å². The number of amides is 2. The SMILES string of the molecule is CC(C)C(NC(=O)NCCCOc1ccc(Br)cc1Cl)C(=O)O. The summed E-state index contributed by atoms with van der Waals surface area (Å²) in [7, 11) is 0. The standard InChI is InChI=1S/C15H20BrClN2O4/c1-9(2)13(14(20)21)19-15(22)18-6-3-7-23-12-5-4-10(16)8-11(12)17/h4-5,8-9,13H,3,6-7H2,1-2H3,(H,20,21)(H2,18,19,22). The number of carboxylic acid groups (broad SMARTS) is 1. The molecule has 0 aliphatic carbocycles. The summed E-state index contributed by atoms with van der Waals surface area (Å²) in [5, 5.41) is 14.5. The molecule has 1 rings (SSSR count). The van der Waals surface area contributed by atoms with Gasteiger partial charge < -0.3 is 20.5 Å². The van der Waals surface area contributed by atoms with Crippen LogP contribution in [0.15, 0.2) is 22.7 Å². The highest BCUT2D eigenvalue weighted by Crippen LogP contribution is 2.27. The first-order valence-electron chi connectivity index (χ1n) is 7.16. The number of hydrogen-bond donors (Lipinski definition) is 3. The second-order valence-corrected chi connectivity index (χ2v) is 6.56. The Morgan fingerprint density at radius 1 is 1.39 bits per heavy atom. The van der Waals surface area contributed by atoms with Crippen LogP contribution >= 0.6 is 27.5 Å². The molecule has 1 aromatic rings. The fourth-order valence-electron chi connectivity index (χ4n) is 1.75. The summed E-state index contributed by atoms with van der Waals surface area (Å²) in [6, 6.07) is 3.90. The van der Waals surface area contributed by atoms with E-state index in [0.29, 0.717) is 30.3 Å². The zero-order valence-corrected chi connectivity index (χ0v) is 15.3. The molecule has 0 heterocycles. The number of urea groups is 1. The van der Waals surface area contributed by atoms with E-state index < -0.39 is 18.0 Å². The van der Waals surface area contributed by atoms with E-state index in [1.165, 1.54) is 0 Å². The molecule has 1 unspecified atom stereocenters. The Morgan fingerprint density at radius 3 is 2.65 bits per heavy atom. The zero-order valence-electron chi connectivity index (χ0n) is 12.9. The van der Waals surface area contributed by atoms with E-state index in [1.54, 1.807) is 26.0 Å². The molecule has 0 saturated carbocycles. The van der Waals surface area contributed by atoms with Crippen LogP contribution in [0.4, 0.5) is 4.79 Å². The van der Waals surface area contributed by atoms with Crippen molar-refractivity contribution in [2.45, 2.75) is 26.3 Å². The van der Waals surface area contributed by atoms with E-state index in [4.69, 9.17) is 21.4 Å². The molecule has 8 heteroatoms. The first-order valence-corrected chi connectivity index (χ1v) is 8.33. The largest absolute Gasteiger partial charge is 0.492 e. The molecule has 0 aliphatic heterocycles. The molecule has 0 aliphatic rings. The molecule has 2 amide bonds. The fourth-order valence-corrected chi connectivity index (χ4v) is 2.48. The van der Waals surface area contributed by atoms with Crippen molar-refractivity contribution in [3.8, 4) is 5.75 Å². The number of rotatable bonds is 8. The van der Waals surface area contributed by atoms with Gasteiger partial charge in [0.05, 0.1) is 11.6 Å². The number of carbonyl (C=O) groups excluding carboxylic acids is 1. The highest BCUT2D eigenvalue weighted by atomic mass is 79.9. The van der Waals surface area contributed by atoms with Crippen molar-refractivity contribution in [3.63, 3.8) is 0 Å². The fraction of sp³-hybridized carbons (Fsp3) is 0.467. The monoisotopic (exact) mass is 406 g/mol. The number of carbonyl (C=O) groups is 2. The van der Waals surface area contributed by atoms with Gasteiger partial charge in [-0.05, 0) is 30.5 Å². The van der Waals surface area contributed by atoms with E-state index in [9.17, 15) is 9.59 Å². The number of carboxylic acids is 1. The Morgan fingerprint density at radius 2 is 2.09 bits per heavy atom. The van der Waals surface area contributed by atoms with E-state index in [1.807, 2.05) is 6.07 Å². The minimum atomic E-state index is -1.05. The third-order valence-electron chi connectivity index (χ3n) is 2.98. The molecule has 0 saturated heterocycles. The molecule has 0 aromatic heterocycles. The van der Waals surface area contributed by atoms with Crippen LogP contribution in [0.2, 0.25) is 5.02 Å². The third kappa shape index (κ3) is 7.09. The van der Waals surface area contributed by atoms with Crippen LogP contribution in [0, 0.1) is 5.92 Å². The lowest BCUT2D eigenvalue weighted by atomic mass is 10.1. The second kappa shape index (κ2) is 9.62. The van der Waals surface area contributed by atoms with Crippen molar-refractivity contribution in [1.82, 2.24) is 10.6 Å². The highest BCUT2D eigenvalue weighted by Gasteiger charge is 2.22. The van der Waals surface area contributed by atoms with Crippen molar-refractivity contribution < 1.29 is 19.4 Å². The lowest BCUT2D eigenvalue weighted by molar-refractivity contribution is -0.140. The predicted octanol–water partition coefficient (Wildman–Crippen LogP) is 3.28. The van der Waals surface area contributed by atoms with E-state index in [-0.39, 0.29) is 5.92 Å². The van der Waals surface area contributed by atoms with E-state index >= 15 is 0 Å². The van der Waals surface area contributed by atoms with Crippen LogP contribution in [0.5, 0.6) is 5.75 Å². The number of nitrogens with one attached hydrogen (secondary N) is 2. The molecule has 0 fully saturated rings. The molecule has 128 valence electrons. The topological polar surface area (TPSA) is 87.7 Å². The van der Waals surface area contributed by atoms with Crippen LogP contribution in [0.25, 0.3) is 0 Å². The van der Waals surface area contributed by atoms with Crippen molar-refractivity contribution in [3.05, 3.63) is 27.7 Å². The van der Waals surface area contributed by atoms with Gasteiger partial charge >= 0.3 is 12.0 Å². The Balaban J connectivity index is 2.26. The molecule has 0 spiro atoms. The summed E-state index contributed by atoms with van der Waals surface area (Å²) in [5.74, 6) is -0.672. The quantitative estimate of drug-likeness (QED) is 0.577. The molecule has 0 bridgehead atoms. The van der Waals surface area contributed by atoms with Gasteiger partial charge in [0.2, 0.25) is 0 Å². The average Bonchev–Trinajstić information content (AvgIpc) is 2.45. The summed E-state index contributed by atoms with van der Waals surface area (Å²) in [6.07, 6.45) is 0.569. The van der Waals surface area contributed by atoms with E-state index in [0.717, 1.165) is 4.47 Å². The summed E-state index contributed by atoms with van der Waals surface area (Å²) < 4.78 is 6.38. The van der Waals surface area contributed by atoms with Gasteiger partial charge in [-0.15, -0.1) is 0 Å². The molecule has 1 atom stereocenters. The molecule has 0 radical (unpaired) electrons.